The highest BCUT2D eigenvalue weighted by molar-refractivity contribution is 5.10. The van der Waals surface area contributed by atoms with Gasteiger partial charge in [-0.25, -0.2) is 0 Å². The molecule has 0 aromatic rings. The van der Waals surface area contributed by atoms with Crippen molar-refractivity contribution in [2.75, 3.05) is 0 Å². The molecule has 0 heterocycles. The summed E-state index contributed by atoms with van der Waals surface area (Å²) in [5.41, 5.74) is 2.51. The van der Waals surface area contributed by atoms with Crippen molar-refractivity contribution in [3.63, 3.8) is 0 Å². The molecular formula is C11H18. The first kappa shape index (κ1) is 7.39. The van der Waals surface area contributed by atoms with Crippen LogP contribution in [0.4, 0.5) is 0 Å². The van der Waals surface area contributed by atoms with E-state index in [1.54, 1.807) is 5.57 Å². The Kier molecular flexibility index (Phi) is 1.78. The highest BCUT2D eigenvalue weighted by Gasteiger charge is 2.36. The Morgan fingerprint density at radius 3 is 2.55 bits per heavy atom. The fourth-order valence-corrected chi connectivity index (χ4v) is 2.44. The van der Waals surface area contributed by atoms with Crippen LogP contribution in [-0.4, -0.2) is 0 Å². The van der Waals surface area contributed by atoms with Crippen LogP contribution in [0.5, 0.6) is 0 Å². The molecule has 0 radical (unpaired) electrons. The van der Waals surface area contributed by atoms with Crippen molar-refractivity contribution in [3.05, 3.63) is 11.6 Å². The average Bonchev–Trinajstić information content (AvgIpc) is 2.02. The van der Waals surface area contributed by atoms with E-state index in [0.717, 1.165) is 5.41 Å². The summed E-state index contributed by atoms with van der Waals surface area (Å²) in [5.74, 6) is 0. The third kappa shape index (κ3) is 1.23. The van der Waals surface area contributed by atoms with Crippen LogP contribution in [0.15, 0.2) is 11.6 Å². The lowest BCUT2D eigenvalue weighted by molar-refractivity contribution is 0.116. The van der Waals surface area contributed by atoms with Gasteiger partial charge >= 0.3 is 0 Å². The molecule has 0 unspecified atom stereocenters. The second-order valence-corrected chi connectivity index (χ2v) is 4.27. The Morgan fingerprint density at radius 2 is 2.18 bits per heavy atom. The molecule has 0 nitrogen and oxygen atoms in total. The molecule has 0 bridgehead atoms. The minimum Gasteiger partial charge on any atom is -0.0848 e. The smallest absolute Gasteiger partial charge is 0.0260 e. The topological polar surface area (TPSA) is 0 Å². The fourth-order valence-electron chi connectivity index (χ4n) is 2.44. The van der Waals surface area contributed by atoms with Crippen LogP contribution in [0.1, 0.15) is 51.9 Å². The van der Waals surface area contributed by atoms with Crippen molar-refractivity contribution < 1.29 is 0 Å². The van der Waals surface area contributed by atoms with Gasteiger partial charge in [-0.2, -0.15) is 0 Å². The lowest BCUT2D eigenvalue weighted by atomic mass is 9.61. The quantitative estimate of drug-likeness (QED) is 0.500. The number of hydrogen-bond acceptors (Lipinski definition) is 0. The molecule has 1 saturated carbocycles. The van der Waals surface area contributed by atoms with Gasteiger partial charge in [-0.3, -0.25) is 0 Å². The maximum Gasteiger partial charge on any atom is -0.0260 e. The summed E-state index contributed by atoms with van der Waals surface area (Å²) in [6.07, 6.45) is 12.6. The van der Waals surface area contributed by atoms with E-state index in [1.165, 1.54) is 44.9 Å². The predicted molar refractivity (Wildman–Crippen MR) is 48.5 cm³/mol. The molecular weight excluding hydrogens is 132 g/mol. The molecule has 11 heavy (non-hydrogen) atoms. The lowest BCUT2D eigenvalue weighted by Gasteiger charge is -2.44. The minimum absolute atomic E-state index is 0.804. The van der Waals surface area contributed by atoms with Gasteiger partial charge in [0, 0.05) is 0 Å². The maximum absolute atomic E-state index is 2.52. The maximum atomic E-state index is 2.52. The Bertz CT molecular complexity index is 172. The van der Waals surface area contributed by atoms with E-state index in [4.69, 9.17) is 0 Å². The lowest BCUT2D eigenvalue weighted by Crippen LogP contribution is -2.30. The zero-order valence-electron chi connectivity index (χ0n) is 7.53. The van der Waals surface area contributed by atoms with Crippen molar-refractivity contribution in [1.29, 1.82) is 0 Å². The number of hydrogen-bond donors (Lipinski definition) is 0. The van der Waals surface area contributed by atoms with E-state index in [9.17, 15) is 0 Å². The van der Waals surface area contributed by atoms with Gasteiger partial charge in [0.2, 0.25) is 0 Å². The van der Waals surface area contributed by atoms with Crippen LogP contribution in [0, 0.1) is 5.41 Å². The monoisotopic (exact) mass is 150 g/mol. The van der Waals surface area contributed by atoms with E-state index < -0.39 is 0 Å². The van der Waals surface area contributed by atoms with Gasteiger partial charge in [0.15, 0.2) is 0 Å². The molecule has 0 saturated heterocycles. The van der Waals surface area contributed by atoms with Crippen molar-refractivity contribution in [2.45, 2.75) is 51.9 Å². The van der Waals surface area contributed by atoms with Crippen LogP contribution < -0.4 is 0 Å². The van der Waals surface area contributed by atoms with Crippen molar-refractivity contribution in [2.24, 2.45) is 5.41 Å². The third-order valence-electron chi connectivity index (χ3n) is 3.67. The summed E-state index contributed by atoms with van der Waals surface area (Å²) in [6, 6.07) is 0. The normalized spacial score (nSPS) is 27.9. The molecule has 2 aliphatic rings. The van der Waals surface area contributed by atoms with Crippen LogP contribution in [0.2, 0.25) is 0 Å². The first-order chi connectivity index (χ1) is 5.35. The van der Waals surface area contributed by atoms with Crippen LogP contribution in [-0.2, 0) is 0 Å². The van der Waals surface area contributed by atoms with Crippen LogP contribution in [0.25, 0.3) is 0 Å². The van der Waals surface area contributed by atoms with Gasteiger partial charge in [-0.15, -0.1) is 0 Å². The Labute approximate surface area is 69.7 Å². The van der Waals surface area contributed by atoms with Crippen LogP contribution >= 0.6 is 0 Å². The molecule has 1 spiro atoms. The predicted octanol–water partition coefficient (Wildman–Crippen LogP) is 3.68. The summed E-state index contributed by atoms with van der Waals surface area (Å²) < 4.78 is 0. The summed E-state index contributed by atoms with van der Waals surface area (Å²) >= 11 is 0. The summed E-state index contributed by atoms with van der Waals surface area (Å²) in [6.45, 7) is 2.28. The SMILES string of the molecule is CCC1=CCC2(CCC2)CC1. The van der Waals surface area contributed by atoms with Gasteiger partial charge in [0.1, 0.15) is 0 Å². The largest absolute Gasteiger partial charge is 0.0848 e. The summed E-state index contributed by atoms with van der Waals surface area (Å²) in [5, 5.41) is 0. The highest BCUT2D eigenvalue weighted by atomic mass is 14.4. The molecule has 0 aliphatic heterocycles. The molecule has 0 N–H and O–H groups in total. The minimum atomic E-state index is 0.804. The molecule has 0 aromatic heterocycles. The molecule has 2 aliphatic carbocycles. The zero-order valence-corrected chi connectivity index (χ0v) is 7.53. The second-order valence-electron chi connectivity index (χ2n) is 4.27. The Balaban J connectivity index is 1.98. The molecule has 0 atom stereocenters. The van der Waals surface area contributed by atoms with Gasteiger partial charge in [-0.05, 0) is 43.9 Å². The first-order valence-electron chi connectivity index (χ1n) is 5.03. The Hall–Kier alpha value is -0.260. The van der Waals surface area contributed by atoms with E-state index in [1.807, 2.05) is 0 Å². The molecule has 1 fully saturated rings. The second kappa shape index (κ2) is 2.66. The van der Waals surface area contributed by atoms with Gasteiger partial charge in [-0.1, -0.05) is 25.0 Å². The van der Waals surface area contributed by atoms with E-state index in [2.05, 4.69) is 13.0 Å². The van der Waals surface area contributed by atoms with Crippen LogP contribution in [0.3, 0.4) is 0 Å². The van der Waals surface area contributed by atoms with E-state index >= 15 is 0 Å². The van der Waals surface area contributed by atoms with Gasteiger partial charge in [0.05, 0.1) is 0 Å². The fraction of sp³-hybridized carbons (Fsp3) is 0.818. The summed E-state index contributed by atoms with van der Waals surface area (Å²) in [4.78, 5) is 0. The first-order valence-corrected chi connectivity index (χ1v) is 5.03. The molecule has 0 heteroatoms. The highest BCUT2D eigenvalue weighted by Crippen LogP contribution is 2.50. The third-order valence-corrected chi connectivity index (χ3v) is 3.67. The van der Waals surface area contributed by atoms with E-state index in [0.29, 0.717) is 0 Å². The van der Waals surface area contributed by atoms with Gasteiger partial charge < -0.3 is 0 Å². The molecule has 2 rings (SSSR count). The number of allylic oxidation sites excluding steroid dienone is 2. The average molecular weight is 150 g/mol. The summed E-state index contributed by atoms with van der Waals surface area (Å²) in [7, 11) is 0. The molecule has 0 aromatic carbocycles. The number of rotatable bonds is 1. The standard InChI is InChI=1S/C11H18/c1-2-10-4-8-11(9-5-10)6-3-7-11/h4H,2-3,5-9H2,1H3. The van der Waals surface area contributed by atoms with Crippen molar-refractivity contribution in [3.8, 4) is 0 Å². The molecule has 62 valence electrons. The van der Waals surface area contributed by atoms with Gasteiger partial charge in [0.25, 0.3) is 0 Å². The Morgan fingerprint density at radius 1 is 1.36 bits per heavy atom. The molecule has 0 amide bonds. The van der Waals surface area contributed by atoms with Crippen molar-refractivity contribution >= 4 is 0 Å². The zero-order chi connectivity index (χ0) is 7.73. The van der Waals surface area contributed by atoms with Crippen molar-refractivity contribution in [1.82, 2.24) is 0 Å². The van der Waals surface area contributed by atoms with E-state index in [-0.39, 0.29) is 0 Å².